The van der Waals surface area contributed by atoms with Gasteiger partial charge >= 0.3 is 12.2 Å². The van der Waals surface area contributed by atoms with Crippen LogP contribution in [-0.2, 0) is 16.0 Å². The summed E-state index contributed by atoms with van der Waals surface area (Å²) in [6, 6.07) is 8.25. The van der Waals surface area contributed by atoms with Crippen molar-refractivity contribution in [2.75, 3.05) is 19.6 Å². The summed E-state index contributed by atoms with van der Waals surface area (Å²) >= 11 is 0. The van der Waals surface area contributed by atoms with Gasteiger partial charge in [0.2, 0.25) is 0 Å². The van der Waals surface area contributed by atoms with E-state index in [1.54, 1.807) is 30.3 Å². The van der Waals surface area contributed by atoms with Crippen LogP contribution in [0.5, 0.6) is 0 Å². The van der Waals surface area contributed by atoms with Crippen LogP contribution in [-0.4, -0.2) is 58.7 Å². The van der Waals surface area contributed by atoms with Gasteiger partial charge in [-0.1, -0.05) is 30.3 Å². The first kappa shape index (κ1) is 20.4. The minimum atomic E-state index is -5.18. The second-order valence-corrected chi connectivity index (χ2v) is 7.33. The lowest BCUT2D eigenvalue weighted by atomic mass is 9.83. The first-order valence-electron chi connectivity index (χ1n) is 9.52. The molecule has 1 aromatic carbocycles. The first-order valence-corrected chi connectivity index (χ1v) is 9.52. The Morgan fingerprint density at radius 1 is 0.964 bits per heavy atom. The predicted octanol–water partition coefficient (Wildman–Crippen LogP) is 3.37. The Hall–Kier alpha value is -2.38. The van der Waals surface area contributed by atoms with Crippen LogP contribution in [0.1, 0.15) is 37.7 Å². The topological polar surface area (TPSA) is 57.7 Å². The van der Waals surface area contributed by atoms with Gasteiger partial charge in [-0.05, 0) is 37.7 Å². The van der Waals surface area contributed by atoms with E-state index >= 15 is 0 Å². The quantitative estimate of drug-likeness (QED) is 0.717. The molecule has 5 nitrogen and oxygen atoms in total. The molecule has 1 aromatic rings. The number of urea groups is 1. The maximum Gasteiger partial charge on any atom is 0.453 e. The van der Waals surface area contributed by atoms with Gasteiger partial charge in [0.25, 0.3) is 5.78 Å². The fraction of sp³-hybridized carbons (Fsp3) is 0.550. The van der Waals surface area contributed by atoms with Gasteiger partial charge in [0, 0.05) is 26.1 Å². The largest absolute Gasteiger partial charge is 0.453 e. The number of ketones is 2. The summed E-state index contributed by atoms with van der Waals surface area (Å²) in [7, 11) is 0. The van der Waals surface area contributed by atoms with Crippen LogP contribution >= 0.6 is 0 Å². The van der Waals surface area contributed by atoms with Gasteiger partial charge in [0.1, 0.15) is 0 Å². The average Bonchev–Trinajstić information content (AvgIpc) is 3.35. The normalized spacial score (nSPS) is 22.5. The standard InChI is InChI=1S/C20H23F3N2O3/c21-20(22,23)17(27)19(16(26)10-9-15-7-2-1-3-8-15)11-6-14-25(19)18(28)24-12-4-5-13-24/h1-3,7-8H,4-6,9-14H2. The molecule has 0 saturated carbocycles. The summed E-state index contributed by atoms with van der Waals surface area (Å²) in [5.41, 5.74) is -1.65. The van der Waals surface area contributed by atoms with Crippen molar-refractivity contribution in [1.29, 1.82) is 0 Å². The minimum Gasteiger partial charge on any atom is -0.325 e. The molecule has 2 aliphatic rings. The fourth-order valence-corrected chi connectivity index (χ4v) is 4.15. The van der Waals surface area contributed by atoms with E-state index < -0.39 is 29.3 Å². The number of amides is 2. The van der Waals surface area contributed by atoms with Crippen molar-refractivity contribution in [3.05, 3.63) is 35.9 Å². The molecule has 2 heterocycles. The first-order chi connectivity index (χ1) is 13.3. The Balaban J connectivity index is 1.89. The van der Waals surface area contributed by atoms with Crippen molar-refractivity contribution < 1.29 is 27.6 Å². The van der Waals surface area contributed by atoms with Crippen molar-refractivity contribution in [3.8, 4) is 0 Å². The number of rotatable bonds is 5. The van der Waals surface area contributed by atoms with Crippen LogP contribution in [0.25, 0.3) is 0 Å². The summed E-state index contributed by atoms with van der Waals surface area (Å²) in [4.78, 5) is 40.6. The van der Waals surface area contributed by atoms with Crippen LogP contribution in [0.3, 0.4) is 0 Å². The van der Waals surface area contributed by atoms with Crippen LogP contribution < -0.4 is 0 Å². The lowest BCUT2D eigenvalue weighted by molar-refractivity contribution is -0.183. The molecule has 2 fully saturated rings. The van der Waals surface area contributed by atoms with E-state index in [9.17, 15) is 27.6 Å². The number of carbonyl (C=O) groups is 3. The number of Topliss-reactive ketones (excluding diaryl/α,β-unsaturated/α-hetero) is 2. The molecule has 2 saturated heterocycles. The molecule has 0 N–H and O–H groups in total. The van der Waals surface area contributed by atoms with Gasteiger partial charge in [-0.2, -0.15) is 13.2 Å². The number of likely N-dealkylation sites (tertiary alicyclic amines) is 2. The Bertz CT molecular complexity index is 745. The van der Waals surface area contributed by atoms with E-state index in [0.29, 0.717) is 13.1 Å². The van der Waals surface area contributed by atoms with Gasteiger partial charge in [-0.3, -0.25) is 9.59 Å². The predicted molar refractivity (Wildman–Crippen MR) is 95.7 cm³/mol. The summed E-state index contributed by atoms with van der Waals surface area (Å²) in [5.74, 6) is -2.95. The second kappa shape index (κ2) is 7.93. The van der Waals surface area contributed by atoms with E-state index in [1.165, 1.54) is 4.90 Å². The second-order valence-electron chi connectivity index (χ2n) is 7.33. The zero-order valence-electron chi connectivity index (χ0n) is 15.5. The van der Waals surface area contributed by atoms with Gasteiger partial charge in [-0.25, -0.2) is 4.79 Å². The molecular weight excluding hydrogens is 373 g/mol. The molecule has 2 aliphatic heterocycles. The molecule has 1 atom stereocenters. The molecule has 0 spiro atoms. The summed E-state index contributed by atoms with van der Waals surface area (Å²) < 4.78 is 40.3. The highest BCUT2D eigenvalue weighted by atomic mass is 19.4. The van der Waals surface area contributed by atoms with E-state index in [-0.39, 0.29) is 32.2 Å². The van der Waals surface area contributed by atoms with Gasteiger partial charge in [-0.15, -0.1) is 0 Å². The molecule has 0 aliphatic carbocycles. The van der Waals surface area contributed by atoms with Gasteiger partial charge < -0.3 is 9.80 Å². The third-order valence-corrected chi connectivity index (χ3v) is 5.57. The molecule has 2 amide bonds. The summed E-state index contributed by atoms with van der Waals surface area (Å²) in [6.07, 6.45) is -3.75. The Morgan fingerprint density at radius 3 is 2.21 bits per heavy atom. The number of carbonyl (C=O) groups excluding carboxylic acids is 3. The highest BCUT2D eigenvalue weighted by molar-refractivity contribution is 6.16. The number of hydrogen-bond donors (Lipinski definition) is 0. The lowest BCUT2D eigenvalue weighted by Gasteiger charge is -2.38. The van der Waals surface area contributed by atoms with E-state index in [0.717, 1.165) is 23.3 Å². The molecule has 152 valence electrons. The zero-order valence-corrected chi connectivity index (χ0v) is 15.5. The number of benzene rings is 1. The van der Waals surface area contributed by atoms with Crippen molar-refractivity contribution >= 4 is 17.6 Å². The van der Waals surface area contributed by atoms with Crippen LogP contribution in [0.4, 0.5) is 18.0 Å². The molecular formula is C20H23F3N2O3. The van der Waals surface area contributed by atoms with E-state index in [4.69, 9.17) is 0 Å². The van der Waals surface area contributed by atoms with Crippen LogP contribution in [0, 0.1) is 0 Å². The van der Waals surface area contributed by atoms with Crippen molar-refractivity contribution in [2.45, 2.75) is 50.2 Å². The van der Waals surface area contributed by atoms with Crippen molar-refractivity contribution in [3.63, 3.8) is 0 Å². The SMILES string of the molecule is O=C(N1CCCC1)N1CCCC1(C(=O)CCc1ccccc1)C(=O)C(F)(F)F. The zero-order chi connectivity index (χ0) is 20.4. The van der Waals surface area contributed by atoms with E-state index in [1.807, 2.05) is 0 Å². The number of aryl methyl sites for hydroxylation is 1. The third-order valence-electron chi connectivity index (χ3n) is 5.57. The monoisotopic (exact) mass is 396 g/mol. The molecule has 0 aromatic heterocycles. The van der Waals surface area contributed by atoms with E-state index in [2.05, 4.69) is 0 Å². The Kier molecular flexibility index (Phi) is 5.76. The molecule has 0 radical (unpaired) electrons. The third kappa shape index (κ3) is 3.77. The number of halogens is 3. The number of hydrogen-bond acceptors (Lipinski definition) is 3. The minimum absolute atomic E-state index is 0.0196. The number of alkyl halides is 3. The van der Waals surface area contributed by atoms with Crippen molar-refractivity contribution in [1.82, 2.24) is 9.80 Å². The molecule has 1 unspecified atom stereocenters. The molecule has 3 rings (SSSR count). The highest BCUT2D eigenvalue weighted by Crippen LogP contribution is 2.39. The lowest BCUT2D eigenvalue weighted by Crippen LogP contribution is -2.64. The van der Waals surface area contributed by atoms with Crippen LogP contribution in [0.15, 0.2) is 30.3 Å². The maximum atomic E-state index is 13.4. The average molecular weight is 396 g/mol. The van der Waals surface area contributed by atoms with Gasteiger partial charge in [0.05, 0.1) is 0 Å². The smallest absolute Gasteiger partial charge is 0.325 e. The van der Waals surface area contributed by atoms with Gasteiger partial charge in [0.15, 0.2) is 11.3 Å². The molecule has 28 heavy (non-hydrogen) atoms. The Morgan fingerprint density at radius 2 is 1.61 bits per heavy atom. The summed E-state index contributed by atoms with van der Waals surface area (Å²) in [5, 5.41) is 0. The Labute approximate surface area is 161 Å². The summed E-state index contributed by atoms with van der Waals surface area (Å²) in [6.45, 7) is 0.849. The number of nitrogens with zero attached hydrogens (tertiary/aromatic N) is 2. The molecule has 0 bridgehead atoms. The van der Waals surface area contributed by atoms with Crippen molar-refractivity contribution in [2.24, 2.45) is 0 Å². The maximum absolute atomic E-state index is 13.4. The van der Waals surface area contributed by atoms with Crippen LogP contribution in [0.2, 0.25) is 0 Å². The highest BCUT2D eigenvalue weighted by Gasteiger charge is 2.63. The molecule has 8 heteroatoms. The fourth-order valence-electron chi connectivity index (χ4n) is 4.15.